The number of nitrogens with one attached hydrogen (secondary N) is 1. The number of allylic oxidation sites excluding steroid dienone is 16. The lowest BCUT2D eigenvalue weighted by Gasteiger charge is -2.17. The molecule has 1 saturated heterocycles. The fraction of sp³-hybridized carbons (Fsp3) is 0.460. The van der Waals surface area contributed by atoms with Crippen LogP contribution in [0.15, 0.2) is 142 Å². The Morgan fingerprint density at radius 2 is 1.68 bits per heavy atom. The molecule has 59 heavy (non-hydrogen) atoms. The molecule has 1 aliphatic carbocycles. The van der Waals surface area contributed by atoms with Gasteiger partial charge in [-0.15, -0.1) is 0 Å². The molecule has 9 nitrogen and oxygen atoms in total. The maximum atomic E-state index is 14.0. The van der Waals surface area contributed by atoms with Crippen LogP contribution in [0, 0.1) is 11.8 Å². The van der Waals surface area contributed by atoms with Crippen LogP contribution in [0.3, 0.4) is 0 Å². The summed E-state index contributed by atoms with van der Waals surface area (Å²) >= 11 is 0. The Morgan fingerprint density at radius 1 is 0.949 bits per heavy atom. The van der Waals surface area contributed by atoms with E-state index in [1.54, 1.807) is 6.92 Å². The molecule has 3 N–H and O–H groups in total. The molecule has 0 aromatic heterocycles. The number of hydrogen-bond donors (Lipinski definition) is 3. The number of hydrogen-bond acceptors (Lipinski definition) is 9. The van der Waals surface area contributed by atoms with E-state index in [2.05, 4.69) is 59.0 Å². The number of fused-ring (bicyclic) bond motifs is 5. The highest BCUT2D eigenvalue weighted by Gasteiger charge is 2.43. The van der Waals surface area contributed by atoms with Gasteiger partial charge in [-0.2, -0.15) is 0 Å². The molecule has 6 aliphatic rings. The average molecular weight is 799 g/mol. The average Bonchev–Trinajstić information content (AvgIpc) is 3.95. The Bertz CT molecular complexity index is 2250. The van der Waals surface area contributed by atoms with Gasteiger partial charge in [0, 0.05) is 58.4 Å². The highest BCUT2D eigenvalue weighted by Crippen LogP contribution is 2.46. The zero-order chi connectivity index (χ0) is 42.5. The Morgan fingerprint density at radius 3 is 2.36 bits per heavy atom. The molecule has 0 spiro atoms. The fourth-order valence-corrected chi connectivity index (χ4v) is 8.95. The highest BCUT2D eigenvalue weighted by molar-refractivity contribution is 6.38. The predicted molar refractivity (Wildman–Crippen MR) is 239 cm³/mol. The van der Waals surface area contributed by atoms with Crippen molar-refractivity contribution in [3.05, 3.63) is 127 Å². The molecular formula is C50H62N4O5. The van der Waals surface area contributed by atoms with Crippen molar-refractivity contribution in [2.75, 3.05) is 6.61 Å². The van der Waals surface area contributed by atoms with E-state index in [1.165, 1.54) is 16.7 Å². The van der Waals surface area contributed by atoms with Crippen molar-refractivity contribution < 1.29 is 24.5 Å². The van der Waals surface area contributed by atoms with E-state index in [0.29, 0.717) is 70.2 Å². The smallest absolute Gasteiger partial charge is 0.306 e. The number of nitrogens with zero attached hydrogens (tertiary/aromatic N) is 3. The van der Waals surface area contributed by atoms with Gasteiger partial charge in [-0.05, 0) is 128 Å². The van der Waals surface area contributed by atoms with Crippen molar-refractivity contribution >= 4 is 28.9 Å². The maximum Gasteiger partial charge on any atom is 0.306 e. The minimum atomic E-state index is -0.796. The molecule has 1 saturated carbocycles. The largest absolute Gasteiger partial charge is 0.515 e. The second-order valence-corrected chi connectivity index (χ2v) is 16.9. The predicted octanol–water partition coefficient (Wildman–Crippen LogP) is 10.7. The zero-order valence-electron chi connectivity index (χ0n) is 36.5. The number of aliphatic hydroxyl groups excluding tert-OH is 2. The number of rotatable bonds is 15. The van der Waals surface area contributed by atoms with E-state index in [0.717, 1.165) is 72.1 Å². The molecule has 0 unspecified atom stereocenters. The summed E-state index contributed by atoms with van der Waals surface area (Å²) < 4.78 is 5.74. The Balaban J connectivity index is 1.31. The van der Waals surface area contributed by atoms with E-state index in [-0.39, 0.29) is 43.0 Å². The molecule has 0 radical (unpaired) electrons. The highest BCUT2D eigenvalue weighted by atomic mass is 16.5. The monoisotopic (exact) mass is 798 g/mol. The second kappa shape index (κ2) is 18.8. The molecule has 0 aromatic carbocycles. The molecule has 5 heterocycles. The van der Waals surface area contributed by atoms with Gasteiger partial charge in [0.05, 0.1) is 46.6 Å². The summed E-state index contributed by atoms with van der Waals surface area (Å²) in [4.78, 5) is 42.5. The Kier molecular flexibility index (Phi) is 13.9. The molecular weight excluding hydrogens is 737 g/mol. The number of ketones is 1. The standard InChI is InChI=1S/C50H62N4O5/c1-10-14-36-42-25-41-34(11-2)38(27-55)43(52-41)26-44-47(33(9)56)32(8)40(51-44)24-39-31(7)35(49(53-39)37-23-45(57)48(36)50(37)54-42)19-20-46(58)59-22-21-30(6)18-13-17-29(5)16-12-15-28(3)4/h15,17,21,24-27,31,33,35,53,55-56H,10-14,16,18-20,22-23H2,1-9H3/b29-17+,30-21+,38-27-,39-24?,42-25?,44-26?,49-37?/t31-,33+,35-/m0/s1. The number of aliphatic hydroxyl groups is 2. The molecule has 0 amide bonds. The minimum absolute atomic E-state index is 0.0444. The molecule has 0 aromatic rings. The van der Waals surface area contributed by atoms with Gasteiger partial charge in [-0.3, -0.25) is 9.59 Å². The van der Waals surface area contributed by atoms with E-state index < -0.39 is 6.10 Å². The van der Waals surface area contributed by atoms with E-state index in [9.17, 15) is 19.8 Å². The lowest BCUT2D eigenvalue weighted by molar-refractivity contribution is -0.142. The van der Waals surface area contributed by atoms with E-state index in [4.69, 9.17) is 19.7 Å². The van der Waals surface area contributed by atoms with Crippen LogP contribution in [0.25, 0.3) is 0 Å². The topological polar surface area (TPSA) is 133 Å². The maximum absolute atomic E-state index is 14.0. The van der Waals surface area contributed by atoms with Crippen LogP contribution < -0.4 is 5.32 Å². The van der Waals surface area contributed by atoms with Gasteiger partial charge in [-0.25, -0.2) is 15.0 Å². The summed E-state index contributed by atoms with van der Waals surface area (Å²) in [5.74, 6) is -0.356. The summed E-state index contributed by atoms with van der Waals surface area (Å²) in [7, 11) is 0. The van der Waals surface area contributed by atoms with Gasteiger partial charge in [0.2, 0.25) is 0 Å². The van der Waals surface area contributed by atoms with Crippen molar-refractivity contribution in [1.29, 1.82) is 0 Å². The molecule has 312 valence electrons. The lowest BCUT2D eigenvalue weighted by Crippen LogP contribution is -2.15. The van der Waals surface area contributed by atoms with Crippen molar-refractivity contribution in [2.24, 2.45) is 26.8 Å². The van der Waals surface area contributed by atoms with Crippen molar-refractivity contribution in [3.8, 4) is 0 Å². The number of Topliss-reactive ketones (excluding diaryl/α,β-unsaturated/α-hetero) is 1. The Labute approximate surface area is 350 Å². The SMILES string of the molecule is CCCC1=C2C(=O)CC3=C4NC(=CC5=NC(=CC6=NC(=C(CC)/C6=C/O)C=C1N=C32)C([C@@H](C)O)=C5C)[C@@H](C)[C@@H]4CCC(=O)OC/C=C(\C)CC/C=C(\C)CCC=C(C)C. The molecule has 2 fully saturated rings. The zero-order valence-corrected chi connectivity index (χ0v) is 36.5. The van der Waals surface area contributed by atoms with Crippen molar-refractivity contribution in [1.82, 2.24) is 5.32 Å². The third-order valence-corrected chi connectivity index (χ3v) is 12.2. The summed E-state index contributed by atoms with van der Waals surface area (Å²) in [6, 6.07) is 0. The number of ether oxygens (including phenoxy) is 1. The lowest BCUT2D eigenvalue weighted by atomic mass is 9.86. The summed E-state index contributed by atoms with van der Waals surface area (Å²) in [5, 5.41) is 25.2. The van der Waals surface area contributed by atoms with Crippen LogP contribution in [-0.2, 0) is 14.3 Å². The first kappa shape index (κ1) is 43.4. The van der Waals surface area contributed by atoms with Gasteiger partial charge in [0.1, 0.15) is 6.61 Å². The molecule has 3 atom stereocenters. The van der Waals surface area contributed by atoms with Crippen LogP contribution >= 0.6 is 0 Å². The van der Waals surface area contributed by atoms with Crippen LogP contribution in [0.1, 0.15) is 127 Å². The van der Waals surface area contributed by atoms with Crippen LogP contribution in [-0.4, -0.2) is 51.8 Å². The molecule has 6 rings (SSSR count). The van der Waals surface area contributed by atoms with Gasteiger partial charge in [0.15, 0.2) is 5.78 Å². The quantitative estimate of drug-likeness (QED) is 0.0858. The summed E-state index contributed by atoms with van der Waals surface area (Å²) in [5.41, 5.74) is 15.2. The number of esters is 1. The molecule has 9 heteroatoms. The normalized spacial score (nSPS) is 22.8. The Hall–Kier alpha value is -5.15. The fourth-order valence-electron chi connectivity index (χ4n) is 8.95. The van der Waals surface area contributed by atoms with Crippen molar-refractivity contribution in [3.63, 3.8) is 0 Å². The third-order valence-electron chi connectivity index (χ3n) is 12.2. The van der Waals surface area contributed by atoms with Gasteiger partial charge in [0.25, 0.3) is 0 Å². The third kappa shape index (κ3) is 9.36. The van der Waals surface area contributed by atoms with Crippen molar-refractivity contribution in [2.45, 2.75) is 133 Å². The van der Waals surface area contributed by atoms with Gasteiger partial charge >= 0.3 is 5.97 Å². The number of aliphatic imine (C=N–C) groups is 3. The first-order valence-corrected chi connectivity index (χ1v) is 21.5. The molecule has 5 aliphatic heterocycles. The van der Waals surface area contributed by atoms with Crippen LogP contribution in [0.5, 0.6) is 0 Å². The summed E-state index contributed by atoms with van der Waals surface area (Å²) in [6.07, 6.45) is 19.8. The first-order valence-electron chi connectivity index (χ1n) is 21.5. The number of carbonyl (C=O) groups is 2. The summed E-state index contributed by atoms with van der Waals surface area (Å²) in [6.45, 7) is 18.7. The number of carbonyl (C=O) groups excluding carboxylic acids is 2. The first-order chi connectivity index (χ1) is 28.3. The van der Waals surface area contributed by atoms with Gasteiger partial charge < -0.3 is 20.3 Å². The minimum Gasteiger partial charge on any atom is -0.515 e. The van der Waals surface area contributed by atoms with Crippen LogP contribution in [0.4, 0.5) is 0 Å². The second-order valence-electron chi connectivity index (χ2n) is 16.9. The van der Waals surface area contributed by atoms with E-state index in [1.807, 2.05) is 38.2 Å². The molecule has 8 bridgehead atoms. The van der Waals surface area contributed by atoms with Gasteiger partial charge in [-0.1, -0.05) is 56.1 Å². The van der Waals surface area contributed by atoms with Crippen LogP contribution in [0.2, 0.25) is 0 Å². The van der Waals surface area contributed by atoms with E-state index >= 15 is 0 Å².